The van der Waals surface area contributed by atoms with Crippen LogP contribution in [0.4, 0.5) is 0 Å². The van der Waals surface area contributed by atoms with Crippen LogP contribution in [0.1, 0.15) is 71.6 Å². The maximum absolute atomic E-state index is 10.2. The van der Waals surface area contributed by atoms with Gasteiger partial charge in [0.2, 0.25) is 5.91 Å². The van der Waals surface area contributed by atoms with E-state index in [1.807, 2.05) is 0 Å². The first-order chi connectivity index (χ1) is 8.91. The molecule has 0 saturated carbocycles. The normalized spacial score (nSPS) is 9.37. The Morgan fingerprint density at radius 3 is 1.68 bits per heavy atom. The van der Waals surface area contributed by atoms with Crippen LogP contribution < -0.4 is 5.73 Å². The van der Waals surface area contributed by atoms with Crippen LogP contribution in [-0.4, -0.2) is 17.0 Å². The Hall–Kier alpha value is -1.32. The van der Waals surface area contributed by atoms with Crippen molar-refractivity contribution in [1.29, 1.82) is 0 Å². The van der Waals surface area contributed by atoms with E-state index in [1.165, 1.54) is 38.5 Å². The number of carboxylic acids is 1. The summed E-state index contributed by atoms with van der Waals surface area (Å²) in [6, 6.07) is 0. The van der Waals surface area contributed by atoms with E-state index in [4.69, 9.17) is 10.8 Å². The van der Waals surface area contributed by atoms with Gasteiger partial charge in [0.1, 0.15) is 0 Å². The van der Waals surface area contributed by atoms with Gasteiger partial charge in [-0.3, -0.25) is 9.59 Å². The zero-order chi connectivity index (χ0) is 15.1. The standard InChI is InChI=1S/C11H22O2.C4H7NO/c1-2-3-4-5-6-7-8-9-10-11(12)13;1-3(2)4(5)6/h2-10H2,1H3,(H,12,13);1H2,2H3,(H2,5,6). The van der Waals surface area contributed by atoms with Gasteiger partial charge in [-0.2, -0.15) is 0 Å². The van der Waals surface area contributed by atoms with Crippen molar-refractivity contribution in [3.8, 4) is 0 Å². The third-order valence-electron chi connectivity index (χ3n) is 2.66. The van der Waals surface area contributed by atoms with Crippen molar-refractivity contribution in [3.05, 3.63) is 12.2 Å². The average Bonchev–Trinajstić information content (AvgIpc) is 2.33. The number of hydrogen-bond acceptors (Lipinski definition) is 2. The minimum atomic E-state index is -0.661. The van der Waals surface area contributed by atoms with Gasteiger partial charge in [-0.1, -0.05) is 58.4 Å². The summed E-state index contributed by atoms with van der Waals surface area (Å²) in [6.45, 7) is 7.07. The van der Waals surface area contributed by atoms with Crippen molar-refractivity contribution in [1.82, 2.24) is 0 Å². The fourth-order valence-electron chi connectivity index (χ4n) is 1.41. The van der Waals surface area contributed by atoms with Crippen LogP contribution in [-0.2, 0) is 9.59 Å². The van der Waals surface area contributed by atoms with Gasteiger partial charge in [0.05, 0.1) is 0 Å². The van der Waals surface area contributed by atoms with Crippen LogP contribution in [0.15, 0.2) is 12.2 Å². The second kappa shape index (κ2) is 14.7. The van der Waals surface area contributed by atoms with E-state index in [0.717, 1.165) is 12.8 Å². The molecular formula is C15H29NO3. The molecule has 1 amide bonds. The van der Waals surface area contributed by atoms with Gasteiger partial charge in [-0.25, -0.2) is 0 Å². The molecule has 0 bridgehead atoms. The summed E-state index contributed by atoms with van der Waals surface area (Å²) in [7, 11) is 0. The highest BCUT2D eigenvalue weighted by atomic mass is 16.4. The van der Waals surface area contributed by atoms with E-state index in [1.54, 1.807) is 6.92 Å². The number of carbonyl (C=O) groups excluding carboxylic acids is 1. The van der Waals surface area contributed by atoms with Gasteiger partial charge in [0.15, 0.2) is 0 Å². The van der Waals surface area contributed by atoms with Gasteiger partial charge in [0.25, 0.3) is 0 Å². The van der Waals surface area contributed by atoms with Crippen LogP contribution in [0.3, 0.4) is 0 Å². The molecule has 0 heterocycles. The van der Waals surface area contributed by atoms with Gasteiger partial charge in [-0.15, -0.1) is 0 Å². The highest BCUT2D eigenvalue weighted by molar-refractivity contribution is 5.90. The molecular weight excluding hydrogens is 242 g/mol. The molecule has 0 aliphatic rings. The summed E-state index contributed by atoms with van der Waals surface area (Å²) in [5.41, 5.74) is 5.09. The lowest BCUT2D eigenvalue weighted by Crippen LogP contribution is -2.10. The van der Waals surface area contributed by atoms with Gasteiger partial charge < -0.3 is 10.8 Å². The first kappa shape index (κ1) is 20.0. The molecule has 0 aromatic rings. The maximum atomic E-state index is 10.2. The lowest BCUT2D eigenvalue weighted by atomic mass is 10.1. The number of carboxylic acid groups (broad SMARTS) is 1. The third-order valence-corrected chi connectivity index (χ3v) is 2.66. The average molecular weight is 271 g/mol. The van der Waals surface area contributed by atoms with Crippen LogP contribution >= 0.6 is 0 Å². The zero-order valence-electron chi connectivity index (χ0n) is 12.4. The van der Waals surface area contributed by atoms with Crippen LogP contribution in [0.2, 0.25) is 0 Å². The Bertz CT molecular complexity index is 250. The van der Waals surface area contributed by atoms with E-state index in [9.17, 15) is 9.59 Å². The van der Waals surface area contributed by atoms with E-state index in [2.05, 4.69) is 13.5 Å². The second-order valence-corrected chi connectivity index (χ2v) is 4.76. The fourth-order valence-corrected chi connectivity index (χ4v) is 1.41. The van der Waals surface area contributed by atoms with Crippen LogP contribution in [0.25, 0.3) is 0 Å². The van der Waals surface area contributed by atoms with E-state index < -0.39 is 11.9 Å². The molecule has 0 atom stereocenters. The summed E-state index contributed by atoms with van der Waals surface area (Å²) in [6.07, 6.45) is 10.1. The summed E-state index contributed by atoms with van der Waals surface area (Å²) < 4.78 is 0. The monoisotopic (exact) mass is 271 g/mol. The Balaban J connectivity index is 0. The van der Waals surface area contributed by atoms with Crippen LogP contribution in [0.5, 0.6) is 0 Å². The molecule has 0 aliphatic heterocycles. The second-order valence-electron chi connectivity index (χ2n) is 4.76. The Labute approximate surface area is 117 Å². The molecule has 0 aromatic carbocycles. The van der Waals surface area contributed by atoms with Gasteiger partial charge in [-0.05, 0) is 13.3 Å². The largest absolute Gasteiger partial charge is 0.481 e. The number of primary amides is 1. The molecule has 0 fully saturated rings. The number of nitrogens with two attached hydrogens (primary N) is 1. The van der Waals surface area contributed by atoms with Crippen LogP contribution in [0, 0.1) is 0 Å². The van der Waals surface area contributed by atoms with Crippen molar-refractivity contribution < 1.29 is 14.7 Å². The molecule has 0 radical (unpaired) electrons. The number of unbranched alkanes of at least 4 members (excludes halogenated alkanes) is 7. The predicted octanol–water partition coefficient (Wildman–Crippen LogP) is 3.65. The summed E-state index contributed by atoms with van der Waals surface area (Å²) in [5.74, 6) is -1.10. The molecule has 0 rings (SSSR count). The minimum absolute atomic E-state index is 0.342. The minimum Gasteiger partial charge on any atom is -0.481 e. The molecule has 112 valence electrons. The summed E-state index contributed by atoms with van der Waals surface area (Å²) in [5, 5.41) is 8.39. The maximum Gasteiger partial charge on any atom is 0.303 e. The first-order valence-electron chi connectivity index (χ1n) is 7.08. The lowest BCUT2D eigenvalue weighted by molar-refractivity contribution is -0.137. The Kier molecular flexibility index (Phi) is 15.5. The highest BCUT2D eigenvalue weighted by Gasteiger charge is 1.96. The smallest absolute Gasteiger partial charge is 0.303 e. The number of aliphatic carboxylic acids is 1. The molecule has 0 saturated heterocycles. The predicted molar refractivity (Wildman–Crippen MR) is 78.9 cm³/mol. The van der Waals surface area contributed by atoms with E-state index >= 15 is 0 Å². The molecule has 3 N–H and O–H groups in total. The van der Waals surface area contributed by atoms with Crippen molar-refractivity contribution in [2.24, 2.45) is 5.73 Å². The van der Waals surface area contributed by atoms with E-state index in [-0.39, 0.29) is 0 Å². The SMILES string of the molecule is C=C(C)C(N)=O.CCCCCCCCCCC(=O)O. The first-order valence-corrected chi connectivity index (χ1v) is 7.08. The molecule has 0 spiro atoms. The lowest BCUT2D eigenvalue weighted by Gasteiger charge is -1.99. The fraction of sp³-hybridized carbons (Fsp3) is 0.733. The van der Waals surface area contributed by atoms with Crippen molar-refractivity contribution in [2.75, 3.05) is 0 Å². The number of carbonyl (C=O) groups is 2. The van der Waals surface area contributed by atoms with Crippen molar-refractivity contribution >= 4 is 11.9 Å². The van der Waals surface area contributed by atoms with Gasteiger partial charge in [0, 0.05) is 12.0 Å². The highest BCUT2D eigenvalue weighted by Crippen LogP contribution is 2.09. The van der Waals surface area contributed by atoms with E-state index in [0.29, 0.717) is 12.0 Å². The Morgan fingerprint density at radius 2 is 1.37 bits per heavy atom. The quantitative estimate of drug-likeness (QED) is 0.470. The molecule has 0 unspecified atom stereocenters. The molecule has 4 heteroatoms. The number of rotatable bonds is 10. The molecule has 0 aromatic heterocycles. The molecule has 0 aliphatic carbocycles. The summed E-state index contributed by atoms with van der Waals surface area (Å²) in [4.78, 5) is 20.0. The summed E-state index contributed by atoms with van der Waals surface area (Å²) >= 11 is 0. The molecule has 19 heavy (non-hydrogen) atoms. The zero-order valence-corrected chi connectivity index (χ0v) is 12.4. The van der Waals surface area contributed by atoms with Crippen molar-refractivity contribution in [3.63, 3.8) is 0 Å². The number of amides is 1. The Morgan fingerprint density at radius 1 is 1.00 bits per heavy atom. The number of hydrogen-bond donors (Lipinski definition) is 2. The van der Waals surface area contributed by atoms with Gasteiger partial charge >= 0.3 is 5.97 Å². The third kappa shape index (κ3) is 22.4. The topological polar surface area (TPSA) is 80.4 Å². The molecule has 4 nitrogen and oxygen atoms in total. The van der Waals surface area contributed by atoms with Crippen molar-refractivity contribution in [2.45, 2.75) is 71.6 Å².